The molecule has 0 unspecified atom stereocenters. The molecule has 2 saturated heterocycles. The summed E-state index contributed by atoms with van der Waals surface area (Å²) in [5, 5.41) is 3.91. The summed E-state index contributed by atoms with van der Waals surface area (Å²) in [5.74, 6) is 0.837. The van der Waals surface area contributed by atoms with Crippen molar-refractivity contribution >= 4 is 16.8 Å². The fourth-order valence-corrected chi connectivity index (χ4v) is 5.91. The number of aryl methyl sites for hydroxylation is 1. The molecule has 4 heterocycles. The summed E-state index contributed by atoms with van der Waals surface area (Å²) in [6.45, 7) is 10.1. The lowest BCUT2D eigenvalue weighted by atomic mass is 9.89. The SMILES string of the molecule is COc1cc(C)[nH]c(=O)c1CNC(=O)c1c(C)n([C@H](C)C2CCN(C3COC3)CC2)c2ccccc12. The number of fused-ring (bicyclic) bond motifs is 1. The first kappa shape index (κ1) is 24.6. The van der Waals surface area contributed by atoms with Gasteiger partial charge in [0, 0.05) is 28.3 Å². The third-order valence-electron chi connectivity index (χ3n) is 8.06. The van der Waals surface area contributed by atoms with Gasteiger partial charge in [-0.2, -0.15) is 0 Å². The maximum atomic E-state index is 13.5. The van der Waals surface area contributed by atoms with E-state index in [1.54, 1.807) is 13.0 Å². The number of likely N-dealkylation sites (tertiary alicyclic amines) is 1. The van der Waals surface area contributed by atoms with E-state index in [1.165, 1.54) is 7.11 Å². The molecule has 2 aliphatic rings. The van der Waals surface area contributed by atoms with Crippen LogP contribution in [0.4, 0.5) is 0 Å². The van der Waals surface area contributed by atoms with E-state index in [-0.39, 0.29) is 24.1 Å². The smallest absolute Gasteiger partial charge is 0.256 e. The van der Waals surface area contributed by atoms with E-state index in [2.05, 4.69) is 32.8 Å². The molecule has 0 saturated carbocycles. The van der Waals surface area contributed by atoms with Crippen LogP contribution in [0.2, 0.25) is 0 Å². The van der Waals surface area contributed by atoms with E-state index >= 15 is 0 Å². The summed E-state index contributed by atoms with van der Waals surface area (Å²) in [4.78, 5) is 31.4. The van der Waals surface area contributed by atoms with Crippen molar-refractivity contribution in [3.05, 3.63) is 63.2 Å². The number of benzene rings is 1. The Balaban J connectivity index is 1.39. The van der Waals surface area contributed by atoms with E-state index in [0.29, 0.717) is 34.5 Å². The fourth-order valence-electron chi connectivity index (χ4n) is 5.91. The van der Waals surface area contributed by atoms with E-state index in [9.17, 15) is 9.59 Å². The minimum absolute atomic E-state index is 0.0927. The van der Waals surface area contributed by atoms with Gasteiger partial charge in [-0.1, -0.05) is 18.2 Å². The quantitative estimate of drug-likeness (QED) is 0.527. The highest BCUT2D eigenvalue weighted by molar-refractivity contribution is 6.08. The Morgan fingerprint density at radius 1 is 1.22 bits per heavy atom. The van der Waals surface area contributed by atoms with Crippen LogP contribution in [0.15, 0.2) is 35.1 Å². The average molecular weight is 493 g/mol. The molecule has 2 aliphatic heterocycles. The number of rotatable bonds is 7. The van der Waals surface area contributed by atoms with Gasteiger partial charge in [0.05, 0.1) is 44.0 Å². The number of carbonyl (C=O) groups is 1. The second-order valence-electron chi connectivity index (χ2n) is 10.2. The molecule has 2 fully saturated rings. The maximum absolute atomic E-state index is 13.5. The van der Waals surface area contributed by atoms with Gasteiger partial charge in [-0.05, 0) is 64.8 Å². The Morgan fingerprint density at radius 3 is 2.61 bits per heavy atom. The van der Waals surface area contributed by atoms with Gasteiger partial charge < -0.3 is 24.3 Å². The van der Waals surface area contributed by atoms with Crippen LogP contribution in [0.3, 0.4) is 0 Å². The number of hydrogen-bond donors (Lipinski definition) is 2. The summed E-state index contributed by atoms with van der Waals surface area (Å²) in [6.07, 6.45) is 2.28. The molecule has 2 N–H and O–H groups in total. The number of ether oxygens (including phenoxy) is 2. The van der Waals surface area contributed by atoms with Crippen LogP contribution in [0.5, 0.6) is 5.75 Å². The Kier molecular flexibility index (Phi) is 6.90. The van der Waals surface area contributed by atoms with Crippen LogP contribution in [-0.4, -0.2) is 59.8 Å². The van der Waals surface area contributed by atoms with E-state index < -0.39 is 0 Å². The molecule has 1 amide bonds. The molecule has 2 aromatic heterocycles. The van der Waals surface area contributed by atoms with Crippen LogP contribution in [0, 0.1) is 19.8 Å². The molecule has 0 radical (unpaired) electrons. The maximum Gasteiger partial charge on any atom is 0.256 e. The molecule has 1 atom stereocenters. The van der Waals surface area contributed by atoms with Gasteiger partial charge in [0.2, 0.25) is 0 Å². The first-order valence-corrected chi connectivity index (χ1v) is 12.8. The number of pyridine rings is 1. The number of H-pyrrole nitrogens is 1. The lowest BCUT2D eigenvalue weighted by Gasteiger charge is -2.43. The van der Waals surface area contributed by atoms with Crippen LogP contribution in [-0.2, 0) is 11.3 Å². The molecule has 192 valence electrons. The highest BCUT2D eigenvalue weighted by atomic mass is 16.5. The molecular weight excluding hydrogens is 456 g/mol. The first-order chi connectivity index (χ1) is 17.4. The van der Waals surface area contributed by atoms with Gasteiger partial charge in [0.1, 0.15) is 5.75 Å². The van der Waals surface area contributed by atoms with Gasteiger partial charge >= 0.3 is 0 Å². The number of carbonyl (C=O) groups excluding carboxylic acids is 1. The van der Waals surface area contributed by atoms with Crippen molar-refractivity contribution < 1.29 is 14.3 Å². The molecule has 0 bridgehead atoms. The molecular formula is C28H36N4O4. The van der Waals surface area contributed by atoms with Gasteiger partial charge in [-0.3, -0.25) is 14.5 Å². The number of methoxy groups -OCH3 is 1. The number of hydrogen-bond acceptors (Lipinski definition) is 5. The lowest BCUT2D eigenvalue weighted by Crippen LogP contribution is -2.52. The van der Waals surface area contributed by atoms with Crippen LogP contribution >= 0.6 is 0 Å². The third kappa shape index (κ3) is 4.44. The molecule has 1 aromatic carbocycles. The van der Waals surface area contributed by atoms with Crippen molar-refractivity contribution in [2.45, 2.75) is 52.2 Å². The minimum atomic E-state index is -0.250. The Bertz CT molecular complexity index is 1320. The van der Waals surface area contributed by atoms with Crippen molar-refractivity contribution in [2.24, 2.45) is 5.92 Å². The number of aromatic nitrogens is 2. The Labute approximate surface area is 211 Å². The average Bonchev–Trinajstić information content (AvgIpc) is 3.13. The summed E-state index contributed by atoms with van der Waals surface area (Å²) in [5.41, 5.74) is 3.58. The predicted molar refractivity (Wildman–Crippen MR) is 140 cm³/mol. The Hall–Kier alpha value is -3.10. The van der Waals surface area contributed by atoms with Crippen molar-refractivity contribution in [3.63, 3.8) is 0 Å². The molecule has 8 nitrogen and oxygen atoms in total. The van der Waals surface area contributed by atoms with Crippen LogP contribution < -0.4 is 15.6 Å². The summed E-state index contributed by atoms with van der Waals surface area (Å²) in [7, 11) is 1.53. The Morgan fingerprint density at radius 2 is 1.94 bits per heavy atom. The highest BCUT2D eigenvalue weighted by Crippen LogP contribution is 2.36. The number of amides is 1. The van der Waals surface area contributed by atoms with Crippen molar-refractivity contribution in [3.8, 4) is 5.75 Å². The van der Waals surface area contributed by atoms with E-state index in [4.69, 9.17) is 9.47 Å². The molecule has 8 heteroatoms. The van der Waals surface area contributed by atoms with Gasteiger partial charge in [-0.15, -0.1) is 0 Å². The molecule has 0 aliphatic carbocycles. The summed E-state index contributed by atoms with van der Waals surface area (Å²) in [6, 6.07) is 10.7. The van der Waals surface area contributed by atoms with Crippen molar-refractivity contribution in [1.29, 1.82) is 0 Å². The number of para-hydroxylation sites is 1. The molecule has 36 heavy (non-hydrogen) atoms. The lowest BCUT2D eigenvalue weighted by molar-refractivity contribution is -0.0752. The molecule has 5 rings (SSSR count). The monoisotopic (exact) mass is 492 g/mol. The standard InChI is InChI=1S/C28H36N4O4/c1-17-13-25(35-4)23(27(33)30-17)14-29-28(34)26-19(3)32(24-8-6-5-7-22(24)26)18(2)20-9-11-31(12-10-20)21-15-36-16-21/h5-8,13,18,20-21H,9-12,14-16H2,1-4H3,(H,29,34)(H,30,33)/t18-/m1/s1. The van der Waals surface area contributed by atoms with E-state index in [0.717, 1.165) is 55.7 Å². The van der Waals surface area contributed by atoms with E-state index in [1.807, 2.05) is 25.1 Å². The second-order valence-corrected chi connectivity index (χ2v) is 10.2. The zero-order chi connectivity index (χ0) is 25.4. The largest absolute Gasteiger partial charge is 0.496 e. The predicted octanol–water partition coefficient (Wildman–Crippen LogP) is 3.56. The van der Waals surface area contributed by atoms with Crippen LogP contribution in [0.1, 0.15) is 53.1 Å². The van der Waals surface area contributed by atoms with Gasteiger partial charge in [0.25, 0.3) is 11.5 Å². The highest BCUT2D eigenvalue weighted by Gasteiger charge is 2.33. The topological polar surface area (TPSA) is 88.6 Å². The number of piperidine rings is 1. The zero-order valence-electron chi connectivity index (χ0n) is 21.6. The summed E-state index contributed by atoms with van der Waals surface area (Å²) >= 11 is 0. The fraction of sp³-hybridized carbons (Fsp3) is 0.500. The zero-order valence-corrected chi connectivity index (χ0v) is 21.6. The third-order valence-corrected chi connectivity index (χ3v) is 8.06. The first-order valence-electron chi connectivity index (χ1n) is 12.8. The number of nitrogens with one attached hydrogen (secondary N) is 2. The minimum Gasteiger partial charge on any atom is -0.496 e. The number of nitrogens with zero attached hydrogens (tertiary/aromatic N) is 2. The van der Waals surface area contributed by atoms with Crippen molar-refractivity contribution in [1.82, 2.24) is 19.8 Å². The number of aromatic amines is 1. The van der Waals surface area contributed by atoms with Gasteiger partial charge in [-0.25, -0.2) is 0 Å². The second kappa shape index (κ2) is 10.1. The normalized spacial score (nSPS) is 18.2. The van der Waals surface area contributed by atoms with Crippen LogP contribution in [0.25, 0.3) is 10.9 Å². The molecule has 0 spiro atoms. The van der Waals surface area contributed by atoms with Crippen molar-refractivity contribution in [2.75, 3.05) is 33.4 Å². The molecule has 3 aromatic rings. The van der Waals surface area contributed by atoms with Gasteiger partial charge in [0.15, 0.2) is 0 Å². The summed E-state index contributed by atoms with van der Waals surface area (Å²) < 4.78 is 13.1.